The van der Waals surface area contributed by atoms with Gasteiger partial charge in [0.2, 0.25) is 10.0 Å². The maximum atomic E-state index is 15.0. The van der Waals surface area contributed by atoms with Gasteiger partial charge < -0.3 is 4.74 Å². The Morgan fingerprint density at radius 3 is 2.57 bits per heavy atom. The highest BCUT2D eigenvalue weighted by molar-refractivity contribution is 7.89. The van der Waals surface area contributed by atoms with Crippen molar-refractivity contribution in [2.24, 2.45) is 0 Å². The zero-order valence-corrected chi connectivity index (χ0v) is 17.6. The van der Waals surface area contributed by atoms with E-state index in [1.165, 1.54) is 10.4 Å². The zero-order valence-electron chi connectivity index (χ0n) is 16.8. The molecule has 0 aliphatic carbocycles. The van der Waals surface area contributed by atoms with Crippen molar-refractivity contribution in [2.45, 2.75) is 42.9 Å². The summed E-state index contributed by atoms with van der Waals surface area (Å²) in [4.78, 5) is 0. The lowest BCUT2D eigenvalue weighted by Gasteiger charge is -2.33. The Hall–Kier alpha value is -2.27. The molecular weight excluding hydrogens is 403 g/mol. The summed E-state index contributed by atoms with van der Waals surface area (Å²) in [6, 6.07) is 16.3. The van der Waals surface area contributed by atoms with E-state index in [1.54, 1.807) is 12.1 Å². The fraction of sp³-hybridized carbons (Fsp3) is 0.435. The second-order valence-corrected chi connectivity index (χ2v) is 10.1. The van der Waals surface area contributed by atoms with Crippen LogP contribution in [0.4, 0.5) is 4.39 Å². The number of hydrogen-bond acceptors (Lipinski definition) is 4. The number of hydrogen-bond donors (Lipinski definition) is 0. The van der Waals surface area contributed by atoms with Gasteiger partial charge in [0.05, 0.1) is 11.5 Å². The third kappa shape index (κ3) is 3.87. The molecule has 0 radical (unpaired) electrons. The molecule has 0 amide bonds. The molecule has 0 aromatic heterocycles. The Balaban J connectivity index is 1.57. The van der Waals surface area contributed by atoms with Crippen LogP contribution in [0.5, 0.6) is 0 Å². The van der Waals surface area contributed by atoms with Crippen LogP contribution in [0.3, 0.4) is 0 Å². The number of nitriles is 1. The first-order valence-electron chi connectivity index (χ1n) is 10.3. The molecule has 2 aromatic rings. The summed E-state index contributed by atoms with van der Waals surface area (Å²) in [7, 11) is -3.58. The van der Waals surface area contributed by atoms with Gasteiger partial charge in [0.15, 0.2) is 0 Å². The Morgan fingerprint density at radius 1 is 1.17 bits per heavy atom. The predicted molar refractivity (Wildman–Crippen MR) is 111 cm³/mol. The Kier molecular flexibility index (Phi) is 5.92. The lowest BCUT2D eigenvalue weighted by atomic mass is 9.75. The summed E-state index contributed by atoms with van der Waals surface area (Å²) in [5.74, 6) is -0.467. The minimum atomic E-state index is -3.58. The van der Waals surface area contributed by atoms with Gasteiger partial charge in [0.1, 0.15) is 11.1 Å². The third-order valence-corrected chi connectivity index (χ3v) is 8.54. The number of ether oxygens (including phenoxy) is 1. The van der Waals surface area contributed by atoms with E-state index < -0.39 is 26.5 Å². The molecule has 2 fully saturated rings. The molecular formula is C23H25FN2O3S. The van der Waals surface area contributed by atoms with Crippen LogP contribution in [0.25, 0.3) is 0 Å². The molecule has 158 valence electrons. The number of sulfonamides is 1. The molecule has 1 atom stereocenters. The molecule has 2 aromatic carbocycles. The number of halogens is 1. The molecule has 5 nitrogen and oxygen atoms in total. The summed E-state index contributed by atoms with van der Waals surface area (Å²) in [5.41, 5.74) is 0.996. The molecule has 2 aliphatic heterocycles. The minimum absolute atomic E-state index is 0.000441. The summed E-state index contributed by atoms with van der Waals surface area (Å²) in [5, 5.41) is 9.11. The van der Waals surface area contributed by atoms with E-state index in [2.05, 4.69) is 6.07 Å². The van der Waals surface area contributed by atoms with Crippen molar-refractivity contribution in [1.29, 1.82) is 5.26 Å². The Bertz CT molecular complexity index is 1040. The van der Waals surface area contributed by atoms with E-state index in [-0.39, 0.29) is 6.54 Å². The van der Waals surface area contributed by atoms with Crippen molar-refractivity contribution in [1.82, 2.24) is 4.31 Å². The molecule has 2 heterocycles. The highest BCUT2D eigenvalue weighted by Gasteiger charge is 2.38. The Labute approximate surface area is 177 Å². The first-order valence-corrected chi connectivity index (χ1v) is 11.8. The monoisotopic (exact) mass is 428 g/mol. The van der Waals surface area contributed by atoms with E-state index in [0.29, 0.717) is 50.1 Å². The second kappa shape index (κ2) is 8.46. The zero-order chi connectivity index (χ0) is 21.2. The van der Waals surface area contributed by atoms with Crippen LogP contribution >= 0.6 is 0 Å². The van der Waals surface area contributed by atoms with Crippen molar-refractivity contribution in [3.05, 3.63) is 71.0 Å². The topological polar surface area (TPSA) is 70.4 Å². The van der Waals surface area contributed by atoms with Gasteiger partial charge in [-0.1, -0.05) is 42.5 Å². The molecule has 0 bridgehead atoms. The first-order chi connectivity index (χ1) is 14.5. The third-order valence-electron chi connectivity index (χ3n) is 6.28. The van der Waals surface area contributed by atoms with Gasteiger partial charge in [-0.25, -0.2) is 12.8 Å². The molecule has 0 spiro atoms. The van der Waals surface area contributed by atoms with Crippen LogP contribution in [0, 0.1) is 17.1 Å². The van der Waals surface area contributed by atoms with Gasteiger partial charge in [-0.2, -0.15) is 9.57 Å². The number of nitrogens with zero attached hydrogens (tertiary/aromatic N) is 2. The predicted octanol–water partition coefficient (Wildman–Crippen LogP) is 4.06. The normalized spacial score (nSPS) is 23.5. The van der Waals surface area contributed by atoms with Crippen molar-refractivity contribution in [3.63, 3.8) is 0 Å². The fourth-order valence-corrected chi connectivity index (χ4v) is 6.46. The van der Waals surface area contributed by atoms with E-state index in [0.717, 1.165) is 12.0 Å². The van der Waals surface area contributed by atoms with Gasteiger partial charge in [0.25, 0.3) is 0 Å². The Morgan fingerprint density at radius 2 is 1.90 bits per heavy atom. The van der Waals surface area contributed by atoms with Crippen molar-refractivity contribution < 1.29 is 17.5 Å². The van der Waals surface area contributed by atoms with Gasteiger partial charge in [-0.3, -0.25) is 0 Å². The smallest absolute Gasteiger partial charge is 0.221 e. The van der Waals surface area contributed by atoms with Crippen molar-refractivity contribution >= 4 is 10.0 Å². The maximum Gasteiger partial charge on any atom is 0.221 e. The molecule has 2 saturated heterocycles. The van der Waals surface area contributed by atoms with Crippen molar-refractivity contribution in [3.8, 4) is 6.07 Å². The highest BCUT2D eigenvalue weighted by atomic mass is 32.2. The molecule has 0 saturated carbocycles. The lowest BCUT2D eigenvalue weighted by molar-refractivity contribution is 0.0674. The fourth-order valence-electron chi connectivity index (χ4n) is 4.43. The minimum Gasteiger partial charge on any atom is -0.381 e. The first kappa shape index (κ1) is 21.0. The molecule has 7 heteroatoms. The molecule has 2 aliphatic rings. The molecule has 0 N–H and O–H groups in total. The maximum absolute atomic E-state index is 15.0. The SMILES string of the molecule is N#CC1(c2ccc(CN3CCC[C@H](c4ccccc4)S3(=O)=O)c(F)c2)CCOCC1. The van der Waals surface area contributed by atoms with Crippen LogP contribution < -0.4 is 0 Å². The highest BCUT2D eigenvalue weighted by Crippen LogP contribution is 2.37. The largest absolute Gasteiger partial charge is 0.381 e. The summed E-state index contributed by atoms with van der Waals surface area (Å²) >= 11 is 0. The van der Waals surface area contributed by atoms with Crippen LogP contribution in [-0.2, 0) is 26.7 Å². The summed E-state index contributed by atoms with van der Waals surface area (Å²) < 4.78 is 48.1. The van der Waals surface area contributed by atoms with Gasteiger partial charge in [-0.05, 0) is 42.9 Å². The van der Waals surface area contributed by atoms with E-state index >= 15 is 0 Å². The van der Waals surface area contributed by atoms with Gasteiger partial charge >= 0.3 is 0 Å². The van der Waals surface area contributed by atoms with Crippen LogP contribution in [-0.4, -0.2) is 32.5 Å². The van der Waals surface area contributed by atoms with E-state index in [4.69, 9.17) is 4.74 Å². The lowest BCUT2D eigenvalue weighted by Crippen LogP contribution is -2.39. The van der Waals surface area contributed by atoms with Gasteiger partial charge in [0, 0.05) is 31.9 Å². The van der Waals surface area contributed by atoms with Gasteiger partial charge in [-0.15, -0.1) is 0 Å². The quantitative estimate of drug-likeness (QED) is 0.736. The van der Waals surface area contributed by atoms with Crippen LogP contribution in [0.1, 0.15) is 47.6 Å². The molecule has 4 rings (SSSR count). The summed E-state index contributed by atoms with van der Waals surface area (Å²) in [6.45, 7) is 1.33. The summed E-state index contributed by atoms with van der Waals surface area (Å²) in [6.07, 6.45) is 2.36. The second-order valence-electron chi connectivity index (χ2n) is 8.03. The standard InChI is InChI=1S/C23H25FN2O3S/c24-21-15-20(23(17-25)10-13-29-14-11-23)9-8-19(21)16-26-12-4-7-22(30(26,27)28)18-5-2-1-3-6-18/h1-3,5-6,8-9,15,22H,4,7,10-14,16H2/t22-/m1/s1. The average Bonchev–Trinajstić information content (AvgIpc) is 2.77. The van der Waals surface area contributed by atoms with Crippen LogP contribution in [0.2, 0.25) is 0 Å². The number of benzene rings is 2. The average molecular weight is 429 g/mol. The van der Waals surface area contributed by atoms with E-state index in [9.17, 15) is 18.1 Å². The molecule has 0 unspecified atom stereocenters. The van der Waals surface area contributed by atoms with E-state index in [1.807, 2.05) is 30.3 Å². The van der Waals surface area contributed by atoms with Crippen LogP contribution in [0.15, 0.2) is 48.5 Å². The van der Waals surface area contributed by atoms with Crippen molar-refractivity contribution in [2.75, 3.05) is 19.8 Å². The number of rotatable bonds is 4. The molecule has 30 heavy (non-hydrogen) atoms.